The van der Waals surface area contributed by atoms with Crippen LogP contribution in [0.2, 0.25) is 0 Å². The molecule has 1 amide bonds. The van der Waals surface area contributed by atoms with E-state index < -0.39 is 6.10 Å². The average molecular weight is 276 g/mol. The minimum atomic E-state index is -0.663. The van der Waals surface area contributed by atoms with Crippen LogP contribution >= 0.6 is 0 Å². The first-order chi connectivity index (χ1) is 9.56. The molecule has 0 aromatic heterocycles. The number of likely N-dealkylation sites (N-methyl/N-ethyl adjacent to an activating group) is 1. The predicted molar refractivity (Wildman–Crippen MR) is 75.0 cm³/mol. The standard InChI is InChI=1S/C15H20N2O3/c1-17(10-14(18)11-20-2)15(19)8-7-12-3-5-13(9-16)6-4-12/h3-6,14,18H,7-8,10-11H2,1-2H3. The minimum absolute atomic E-state index is 0.0236. The number of rotatable bonds is 7. The summed E-state index contributed by atoms with van der Waals surface area (Å²) in [6, 6.07) is 9.25. The summed E-state index contributed by atoms with van der Waals surface area (Å²) in [5.41, 5.74) is 1.63. The maximum absolute atomic E-state index is 11.9. The van der Waals surface area contributed by atoms with E-state index >= 15 is 0 Å². The first-order valence-electron chi connectivity index (χ1n) is 6.46. The van der Waals surface area contributed by atoms with Crippen molar-refractivity contribution < 1.29 is 14.6 Å². The number of amides is 1. The molecule has 0 saturated heterocycles. The Kier molecular flexibility index (Phi) is 6.71. The molecule has 0 spiro atoms. The van der Waals surface area contributed by atoms with Gasteiger partial charge in [-0.05, 0) is 24.1 Å². The van der Waals surface area contributed by atoms with E-state index in [1.165, 1.54) is 12.0 Å². The second-order valence-electron chi connectivity index (χ2n) is 4.69. The topological polar surface area (TPSA) is 73.6 Å². The zero-order valence-corrected chi connectivity index (χ0v) is 11.9. The molecule has 1 unspecified atom stereocenters. The fourth-order valence-electron chi connectivity index (χ4n) is 1.85. The van der Waals surface area contributed by atoms with Gasteiger partial charge in [0.1, 0.15) is 0 Å². The Morgan fingerprint density at radius 2 is 2.10 bits per heavy atom. The van der Waals surface area contributed by atoms with Crippen molar-refractivity contribution in [2.75, 3.05) is 27.3 Å². The molecule has 0 bridgehead atoms. The molecule has 0 fully saturated rings. The van der Waals surface area contributed by atoms with Crippen molar-refractivity contribution in [3.05, 3.63) is 35.4 Å². The Labute approximate surface area is 119 Å². The lowest BCUT2D eigenvalue weighted by Crippen LogP contribution is -2.36. The molecule has 0 aliphatic rings. The van der Waals surface area contributed by atoms with Crippen molar-refractivity contribution >= 4 is 5.91 Å². The van der Waals surface area contributed by atoms with Gasteiger partial charge in [-0.25, -0.2) is 0 Å². The van der Waals surface area contributed by atoms with E-state index in [2.05, 4.69) is 6.07 Å². The normalized spacial score (nSPS) is 11.7. The smallest absolute Gasteiger partial charge is 0.222 e. The summed E-state index contributed by atoms with van der Waals surface area (Å²) < 4.78 is 4.82. The molecule has 1 aromatic carbocycles. The van der Waals surface area contributed by atoms with Gasteiger partial charge in [-0.2, -0.15) is 5.26 Å². The van der Waals surface area contributed by atoms with Gasteiger partial charge in [-0.1, -0.05) is 12.1 Å². The zero-order valence-electron chi connectivity index (χ0n) is 11.9. The second kappa shape index (κ2) is 8.31. The van der Waals surface area contributed by atoms with Gasteiger partial charge in [-0.15, -0.1) is 0 Å². The van der Waals surface area contributed by atoms with E-state index in [0.717, 1.165) is 5.56 Å². The Hall–Kier alpha value is -1.90. The van der Waals surface area contributed by atoms with Gasteiger partial charge >= 0.3 is 0 Å². The van der Waals surface area contributed by atoms with Crippen LogP contribution in [0.3, 0.4) is 0 Å². The Bertz CT molecular complexity index is 465. The van der Waals surface area contributed by atoms with E-state index in [1.807, 2.05) is 12.1 Å². The number of aliphatic hydroxyl groups excluding tert-OH is 1. The van der Waals surface area contributed by atoms with Crippen LogP contribution in [-0.2, 0) is 16.0 Å². The summed E-state index contributed by atoms with van der Waals surface area (Å²) in [6.45, 7) is 0.479. The van der Waals surface area contributed by atoms with Gasteiger partial charge < -0.3 is 14.7 Å². The first kappa shape index (κ1) is 16.2. The molecule has 1 aromatic rings. The van der Waals surface area contributed by atoms with Crippen LogP contribution < -0.4 is 0 Å². The van der Waals surface area contributed by atoms with Crippen molar-refractivity contribution in [1.82, 2.24) is 4.90 Å². The van der Waals surface area contributed by atoms with Crippen molar-refractivity contribution in [2.24, 2.45) is 0 Å². The third-order valence-corrected chi connectivity index (χ3v) is 2.98. The quantitative estimate of drug-likeness (QED) is 0.805. The highest BCUT2D eigenvalue weighted by Crippen LogP contribution is 2.07. The predicted octanol–water partition coefficient (Wildman–Crippen LogP) is 0.957. The van der Waals surface area contributed by atoms with E-state index in [0.29, 0.717) is 18.4 Å². The Morgan fingerprint density at radius 1 is 1.45 bits per heavy atom. The lowest BCUT2D eigenvalue weighted by molar-refractivity contribution is -0.131. The van der Waals surface area contributed by atoms with Crippen molar-refractivity contribution in [2.45, 2.75) is 18.9 Å². The molecule has 1 atom stereocenters. The van der Waals surface area contributed by atoms with Gasteiger partial charge in [0.05, 0.1) is 24.3 Å². The summed E-state index contributed by atoms with van der Waals surface area (Å²) in [6.07, 6.45) is 0.334. The summed E-state index contributed by atoms with van der Waals surface area (Å²) in [5.74, 6) is -0.0236. The number of aliphatic hydroxyl groups is 1. The van der Waals surface area contributed by atoms with Gasteiger partial charge in [0.15, 0.2) is 0 Å². The number of aryl methyl sites for hydroxylation is 1. The molecule has 0 heterocycles. The molecule has 108 valence electrons. The number of nitrogens with zero attached hydrogens (tertiary/aromatic N) is 2. The molecule has 5 nitrogen and oxygen atoms in total. The van der Waals surface area contributed by atoms with Gasteiger partial charge in [0.25, 0.3) is 0 Å². The molecule has 0 saturated carbocycles. The molecule has 0 aliphatic carbocycles. The monoisotopic (exact) mass is 276 g/mol. The maximum Gasteiger partial charge on any atom is 0.222 e. The average Bonchev–Trinajstić information content (AvgIpc) is 2.45. The number of hydrogen-bond donors (Lipinski definition) is 1. The Balaban J connectivity index is 2.40. The van der Waals surface area contributed by atoms with E-state index in [1.54, 1.807) is 19.2 Å². The van der Waals surface area contributed by atoms with Crippen LogP contribution in [0.4, 0.5) is 0 Å². The number of hydrogen-bond acceptors (Lipinski definition) is 4. The summed E-state index contributed by atoms with van der Waals surface area (Å²) in [7, 11) is 3.18. The van der Waals surface area contributed by atoms with Crippen molar-refractivity contribution in [3.63, 3.8) is 0 Å². The van der Waals surface area contributed by atoms with Crippen molar-refractivity contribution in [1.29, 1.82) is 5.26 Å². The lowest BCUT2D eigenvalue weighted by Gasteiger charge is -2.20. The van der Waals surface area contributed by atoms with Gasteiger partial charge in [-0.3, -0.25) is 4.79 Å². The van der Waals surface area contributed by atoms with Crippen LogP contribution in [0.25, 0.3) is 0 Å². The molecular formula is C15H20N2O3. The number of methoxy groups -OCH3 is 1. The fraction of sp³-hybridized carbons (Fsp3) is 0.467. The SMILES string of the molecule is COCC(O)CN(C)C(=O)CCc1ccc(C#N)cc1. The number of nitriles is 1. The van der Waals surface area contributed by atoms with E-state index in [4.69, 9.17) is 10.00 Å². The van der Waals surface area contributed by atoms with E-state index in [-0.39, 0.29) is 19.1 Å². The van der Waals surface area contributed by atoms with E-state index in [9.17, 15) is 9.90 Å². The molecule has 1 rings (SSSR count). The summed E-state index contributed by atoms with van der Waals surface area (Å²) >= 11 is 0. The second-order valence-corrected chi connectivity index (χ2v) is 4.69. The summed E-state index contributed by atoms with van der Waals surface area (Å²) in [4.78, 5) is 13.4. The van der Waals surface area contributed by atoms with Crippen LogP contribution in [0, 0.1) is 11.3 Å². The molecular weight excluding hydrogens is 256 g/mol. The maximum atomic E-state index is 11.9. The largest absolute Gasteiger partial charge is 0.389 e. The highest BCUT2D eigenvalue weighted by atomic mass is 16.5. The first-order valence-corrected chi connectivity index (χ1v) is 6.46. The number of ether oxygens (including phenoxy) is 1. The molecule has 1 N–H and O–H groups in total. The number of carbonyl (C=O) groups is 1. The highest BCUT2D eigenvalue weighted by Gasteiger charge is 2.13. The minimum Gasteiger partial charge on any atom is -0.389 e. The van der Waals surface area contributed by atoms with Crippen LogP contribution in [-0.4, -0.2) is 49.3 Å². The zero-order chi connectivity index (χ0) is 15.0. The lowest BCUT2D eigenvalue weighted by atomic mass is 10.1. The van der Waals surface area contributed by atoms with Crippen molar-refractivity contribution in [3.8, 4) is 6.07 Å². The number of benzene rings is 1. The Morgan fingerprint density at radius 3 is 2.65 bits per heavy atom. The fourth-order valence-corrected chi connectivity index (χ4v) is 1.85. The number of carbonyl (C=O) groups excluding carboxylic acids is 1. The molecule has 5 heteroatoms. The highest BCUT2D eigenvalue weighted by molar-refractivity contribution is 5.76. The molecule has 20 heavy (non-hydrogen) atoms. The molecule has 0 aliphatic heterocycles. The third kappa shape index (κ3) is 5.39. The summed E-state index contributed by atoms with van der Waals surface area (Å²) in [5, 5.41) is 18.3. The van der Waals surface area contributed by atoms with Crippen LogP contribution in [0.5, 0.6) is 0 Å². The van der Waals surface area contributed by atoms with Crippen LogP contribution in [0.15, 0.2) is 24.3 Å². The van der Waals surface area contributed by atoms with Gasteiger partial charge in [0.2, 0.25) is 5.91 Å². The molecule has 0 radical (unpaired) electrons. The third-order valence-electron chi connectivity index (χ3n) is 2.98. The van der Waals surface area contributed by atoms with Crippen LogP contribution in [0.1, 0.15) is 17.5 Å². The van der Waals surface area contributed by atoms with Gasteiger partial charge in [0, 0.05) is 27.1 Å².